The first kappa shape index (κ1) is 37.0. The summed E-state index contributed by atoms with van der Waals surface area (Å²) in [6.07, 6.45) is 1.07. The van der Waals surface area contributed by atoms with Gasteiger partial charge in [-0.1, -0.05) is 191 Å². The Morgan fingerprint density at radius 3 is 0.804 bits per heavy atom. The van der Waals surface area contributed by atoms with Crippen molar-refractivity contribution in [2.24, 2.45) is 5.92 Å². The lowest BCUT2D eigenvalue weighted by Gasteiger charge is -2.43. The molecule has 0 aliphatic heterocycles. The van der Waals surface area contributed by atoms with Gasteiger partial charge in [-0.2, -0.15) is 0 Å². The van der Waals surface area contributed by atoms with Crippen molar-refractivity contribution in [3.63, 3.8) is 0 Å². The van der Waals surface area contributed by atoms with Gasteiger partial charge in [0, 0.05) is 11.3 Å². The van der Waals surface area contributed by atoms with Gasteiger partial charge in [-0.3, -0.25) is 0 Å². The second-order valence-electron chi connectivity index (χ2n) is 14.9. The largest absolute Gasteiger partial charge is 0.0650 e. The van der Waals surface area contributed by atoms with Crippen LogP contribution in [0.1, 0.15) is 80.3 Å². The van der Waals surface area contributed by atoms with Crippen LogP contribution in [0.15, 0.2) is 133 Å². The number of hydrogen-bond donors (Lipinski definition) is 0. The van der Waals surface area contributed by atoms with Crippen molar-refractivity contribution in [3.05, 3.63) is 189 Å². The van der Waals surface area contributed by atoms with Crippen LogP contribution in [0.2, 0.25) is 0 Å². The number of rotatable bonds is 11. The fourth-order valence-electron chi connectivity index (χ4n) is 8.39. The van der Waals surface area contributed by atoms with E-state index in [0.29, 0.717) is 17.2 Å². The van der Waals surface area contributed by atoms with Crippen LogP contribution in [0, 0.1) is 61.3 Å². The first-order valence-corrected chi connectivity index (χ1v) is 21.3. The van der Waals surface area contributed by atoms with E-state index in [1.165, 1.54) is 76.9 Å². The molecule has 0 bridgehead atoms. The fourth-order valence-corrected chi connectivity index (χ4v) is 15.6. The second kappa shape index (κ2) is 16.2. The average molecular weight is 705 g/mol. The molecule has 0 N–H and O–H groups in total. The quantitative estimate of drug-likeness (QED) is 0.118. The monoisotopic (exact) mass is 704 g/mol. The highest BCUT2D eigenvalue weighted by molar-refractivity contribution is 7.74. The van der Waals surface area contributed by atoms with E-state index in [-0.39, 0.29) is 0 Å². The zero-order chi connectivity index (χ0) is 36.2. The Labute approximate surface area is 310 Å². The van der Waals surface area contributed by atoms with Gasteiger partial charge in [0.05, 0.1) is 0 Å². The van der Waals surface area contributed by atoms with Gasteiger partial charge >= 0.3 is 0 Å². The summed E-state index contributed by atoms with van der Waals surface area (Å²) >= 11 is 0. The van der Waals surface area contributed by atoms with Gasteiger partial charge in [0.25, 0.3) is 0 Å². The zero-order valence-electron chi connectivity index (χ0n) is 32.0. The molecular formula is C49H54P2. The Morgan fingerprint density at radius 1 is 0.353 bits per heavy atom. The van der Waals surface area contributed by atoms with Gasteiger partial charge in [0.15, 0.2) is 0 Å². The van der Waals surface area contributed by atoms with Crippen molar-refractivity contribution < 1.29 is 0 Å². The Bertz CT molecular complexity index is 1760. The second-order valence-corrected chi connectivity index (χ2v) is 19.6. The molecule has 0 nitrogen and oxygen atoms in total. The molecule has 0 aromatic heterocycles. The molecule has 6 rings (SSSR count). The third-order valence-corrected chi connectivity index (χ3v) is 15.8. The van der Waals surface area contributed by atoms with Crippen molar-refractivity contribution in [1.82, 2.24) is 0 Å². The van der Waals surface area contributed by atoms with E-state index in [1.807, 2.05) is 0 Å². The molecule has 0 amide bonds. The minimum atomic E-state index is -0.801. The summed E-state index contributed by atoms with van der Waals surface area (Å²) in [5, 5.41) is 5.92. The van der Waals surface area contributed by atoms with Crippen LogP contribution >= 0.6 is 15.8 Å². The topological polar surface area (TPSA) is 0 Å². The SMILES string of the molecule is CCC(C(c1ccccc1)P(c1cc(C)cc(C)c1)c1cc(C)cc(C)c1)C(c1ccccc1)P(c1cc(C)cc(C)c1)c1cc(C)cc(C)c1. The van der Waals surface area contributed by atoms with Gasteiger partial charge < -0.3 is 0 Å². The maximum atomic E-state index is 2.49. The summed E-state index contributed by atoms with van der Waals surface area (Å²) in [7, 11) is -1.60. The van der Waals surface area contributed by atoms with E-state index in [1.54, 1.807) is 0 Å². The van der Waals surface area contributed by atoms with E-state index in [4.69, 9.17) is 0 Å². The highest BCUT2D eigenvalue weighted by atomic mass is 31.1. The lowest BCUT2D eigenvalue weighted by atomic mass is 9.89. The Balaban J connectivity index is 1.71. The highest BCUT2D eigenvalue weighted by Gasteiger charge is 2.41. The van der Waals surface area contributed by atoms with Crippen molar-refractivity contribution in [2.45, 2.75) is 80.1 Å². The zero-order valence-corrected chi connectivity index (χ0v) is 33.8. The molecule has 0 saturated heterocycles. The van der Waals surface area contributed by atoms with Crippen LogP contribution in [-0.4, -0.2) is 0 Å². The van der Waals surface area contributed by atoms with E-state index in [9.17, 15) is 0 Å². The smallest absolute Gasteiger partial charge is 0.0160 e. The van der Waals surface area contributed by atoms with E-state index in [2.05, 4.69) is 196 Å². The maximum Gasteiger partial charge on any atom is 0.0160 e. The van der Waals surface area contributed by atoms with Crippen LogP contribution in [0.4, 0.5) is 0 Å². The molecule has 0 saturated carbocycles. The summed E-state index contributed by atoms with van der Waals surface area (Å²) in [6.45, 7) is 20.6. The summed E-state index contributed by atoms with van der Waals surface area (Å²) in [4.78, 5) is 0. The van der Waals surface area contributed by atoms with E-state index in [0.717, 1.165) is 6.42 Å². The Morgan fingerprint density at radius 2 is 0.588 bits per heavy atom. The van der Waals surface area contributed by atoms with E-state index >= 15 is 0 Å². The molecular weight excluding hydrogens is 650 g/mol. The maximum absolute atomic E-state index is 2.49. The molecule has 0 heterocycles. The summed E-state index contributed by atoms with van der Waals surface area (Å²) in [6, 6.07) is 52.4. The summed E-state index contributed by atoms with van der Waals surface area (Å²) in [5.74, 6) is 0.357. The van der Waals surface area contributed by atoms with Crippen LogP contribution in [0.25, 0.3) is 0 Å². The van der Waals surface area contributed by atoms with Crippen LogP contribution in [-0.2, 0) is 0 Å². The lowest BCUT2D eigenvalue weighted by Crippen LogP contribution is -2.30. The van der Waals surface area contributed by atoms with Crippen LogP contribution in [0.5, 0.6) is 0 Å². The molecule has 0 aliphatic rings. The van der Waals surface area contributed by atoms with Crippen molar-refractivity contribution >= 4 is 37.1 Å². The molecule has 0 fully saturated rings. The highest BCUT2D eigenvalue weighted by Crippen LogP contribution is 2.64. The van der Waals surface area contributed by atoms with E-state index < -0.39 is 15.8 Å². The third kappa shape index (κ3) is 8.63. The predicted molar refractivity (Wildman–Crippen MR) is 228 cm³/mol. The molecule has 0 aliphatic carbocycles. The molecule has 6 aromatic carbocycles. The molecule has 51 heavy (non-hydrogen) atoms. The fraction of sp³-hybridized carbons (Fsp3) is 0.265. The number of benzene rings is 6. The van der Waals surface area contributed by atoms with Crippen LogP contribution < -0.4 is 21.2 Å². The molecule has 2 heteroatoms. The first-order chi connectivity index (χ1) is 24.5. The normalized spacial score (nSPS) is 13.4. The number of hydrogen-bond acceptors (Lipinski definition) is 0. The molecule has 2 unspecified atom stereocenters. The van der Waals surface area contributed by atoms with Crippen molar-refractivity contribution in [2.75, 3.05) is 0 Å². The lowest BCUT2D eigenvalue weighted by molar-refractivity contribution is 0.478. The Hall–Kier alpha value is -3.82. The summed E-state index contributed by atoms with van der Waals surface area (Å²) in [5.41, 5.74) is 14.2. The predicted octanol–water partition coefficient (Wildman–Crippen LogP) is 12.2. The molecule has 0 radical (unpaired) electrons. The molecule has 6 aromatic rings. The first-order valence-electron chi connectivity index (χ1n) is 18.5. The van der Waals surface area contributed by atoms with Gasteiger partial charge in [-0.15, -0.1) is 0 Å². The number of aryl methyl sites for hydroxylation is 8. The van der Waals surface area contributed by atoms with Crippen molar-refractivity contribution in [1.29, 1.82) is 0 Å². The standard InChI is InChI=1S/C49H54P2/c1-10-47(48(41-17-13-11-14-18-41)50(43-25-33(2)21-34(3)26-43)44-27-35(4)22-36(5)28-44)49(42-19-15-12-16-20-42)51(45-29-37(6)23-38(7)30-45)46-31-39(8)24-40(9)32-46/h11-32,47-49H,10H2,1-9H3. The minimum absolute atomic E-state index is 0.292. The van der Waals surface area contributed by atoms with Crippen LogP contribution in [0.3, 0.4) is 0 Å². The third-order valence-electron chi connectivity index (χ3n) is 10.1. The summed E-state index contributed by atoms with van der Waals surface area (Å²) < 4.78 is 0. The molecule has 2 atom stereocenters. The van der Waals surface area contributed by atoms with Gasteiger partial charge in [-0.25, -0.2) is 0 Å². The van der Waals surface area contributed by atoms with Crippen molar-refractivity contribution in [3.8, 4) is 0 Å². The minimum Gasteiger partial charge on any atom is -0.0650 e. The van der Waals surface area contributed by atoms with Gasteiger partial charge in [-0.05, 0) is 109 Å². The average Bonchev–Trinajstić information content (AvgIpc) is 3.06. The molecule has 260 valence electrons. The van der Waals surface area contributed by atoms with Gasteiger partial charge in [0.1, 0.15) is 0 Å². The van der Waals surface area contributed by atoms with Gasteiger partial charge in [0.2, 0.25) is 0 Å². The molecule has 0 spiro atoms. The Kier molecular flexibility index (Phi) is 11.8.